The Kier molecular flexibility index (Phi) is 4.30. The molecule has 0 radical (unpaired) electrons. The average Bonchev–Trinajstić information content (AvgIpc) is 2.78. The van der Waals surface area contributed by atoms with Crippen LogP contribution in [0.25, 0.3) is 0 Å². The first kappa shape index (κ1) is 13.4. The number of nitrogens with zero attached hydrogens (tertiary/aromatic N) is 2. The van der Waals surface area contributed by atoms with Gasteiger partial charge in [0.15, 0.2) is 0 Å². The van der Waals surface area contributed by atoms with E-state index in [4.69, 9.17) is 11.6 Å². The lowest BCUT2D eigenvalue weighted by Crippen LogP contribution is -1.91. The maximum atomic E-state index is 6.18. The first-order chi connectivity index (χ1) is 8.58. The van der Waals surface area contributed by atoms with Crippen LogP contribution in [0.3, 0.4) is 0 Å². The molecule has 1 N–H and O–H groups in total. The van der Waals surface area contributed by atoms with Crippen LogP contribution in [-0.2, 0) is 0 Å². The summed E-state index contributed by atoms with van der Waals surface area (Å²) in [6, 6.07) is 7.88. The molecule has 3 nitrogen and oxygen atoms in total. The molecule has 1 heterocycles. The van der Waals surface area contributed by atoms with Crippen molar-refractivity contribution in [2.75, 3.05) is 0 Å². The summed E-state index contributed by atoms with van der Waals surface area (Å²) >= 11 is 7.79. The van der Waals surface area contributed by atoms with Gasteiger partial charge in [-0.2, -0.15) is 0 Å². The summed E-state index contributed by atoms with van der Waals surface area (Å²) in [5.74, 6) is 1.28. The molecule has 0 aliphatic rings. The highest BCUT2D eigenvalue weighted by Crippen LogP contribution is 2.36. The van der Waals surface area contributed by atoms with Crippen molar-refractivity contribution in [3.63, 3.8) is 0 Å². The van der Waals surface area contributed by atoms with Gasteiger partial charge in [0, 0.05) is 16.2 Å². The summed E-state index contributed by atoms with van der Waals surface area (Å²) in [6.45, 7) is 6.29. The SMILES string of the molecule is CC(C)c1nc(S[C@@H](C)c2ccccc2Cl)n[nH]1. The maximum Gasteiger partial charge on any atom is 0.209 e. The van der Waals surface area contributed by atoms with Crippen molar-refractivity contribution in [3.8, 4) is 0 Å². The smallest absolute Gasteiger partial charge is 0.209 e. The third kappa shape index (κ3) is 3.06. The van der Waals surface area contributed by atoms with Gasteiger partial charge < -0.3 is 0 Å². The van der Waals surface area contributed by atoms with E-state index in [2.05, 4.69) is 36.0 Å². The lowest BCUT2D eigenvalue weighted by Gasteiger charge is -2.10. The summed E-state index contributed by atoms with van der Waals surface area (Å²) in [5.41, 5.74) is 1.11. The first-order valence-electron chi connectivity index (χ1n) is 5.91. The van der Waals surface area contributed by atoms with Crippen molar-refractivity contribution in [1.82, 2.24) is 15.2 Å². The molecular formula is C13H16ClN3S. The Morgan fingerprint density at radius 3 is 2.56 bits per heavy atom. The largest absolute Gasteiger partial charge is 0.262 e. The number of nitrogens with one attached hydrogen (secondary N) is 1. The van der Waals surface area contributed by atoms with E-state index < -0.39 is 0 Å². The second-order valence-electron chi connectivity index (χ2n) is 4.44. The maximum absolute atomic E-state index is 6.18. The van der Waals surface area contributed by atoms with Crippen LogP contribution in [-0.4, -0.2) is 15.2 Å². The fraction of sp³-hybridized carbons (Fsp3) is 0.385. The van der Waals surface area contributed by atoms with Crippen LogP contribution in [0.4, 0.5) is 0 Å². The summed E-state index contributed by atoms with van der Waals surface area (Å²) in [4.78, 5) is 4.46. The molecule has 0 aliphatic heterocycles. The Morgan fingerprint density at radius 1 is 1.22 bits per heavy atom. The summed E-state index contributed by atoms with van der Waals surface area (Å²) < 4.78 is 0. The van der Waals surface area contributed by atoms with E-state index in [-0.39, 0.29) is 5.25 Å². The fourth-order valence-corrected chi connectivity index (χ4v) is 2.86. The van der Waals surface area contributed by atoms with E-state index >= 15 is 0 Å². The molecule has 5 heteroatoms. The minimum absolute atomic E-state index is 0.231. The van der Waals surface area contributed by atoms with Crippen LogP contribution in [0.2, 0.25) is 5.02 Å². The summed E-state index contributed by atoms with van der Waals surface area (Å²) in [5, 5.41) is 8.97. The Labute approximate surface area is 116 Å². The Bertz CT molecular complexity index is 524. The number of halogens is 1. The second-order valence-corrected chi connectivity index (χ2v) is 6.15. The molecule has 96 valence electrons. The molecule has 0 spiro atoms. The quantitative estimate of drug-likeness (QED) is 0.843. The van der Waals surface area contributed by atoms with Gasteiger partial charge in [0.05, 0.1) is 0 Å². The number of rotatable bonds is 4. The number of hydrogen-bond acceptors (Lipinski definition) is 3. The number of aromatic nitrogens is 3. The molecule has 0 amide bonds. The minimum atomic E-state index is 0.231. The summed E-state index contributed by atoms with van der Waals surface area (Å²) in [6.07, 6.45) is 0. The molecule has 0 fully saturated rings. The molecule has 0 saturated carbocycles. The van der Waals surface area contributed by atoms with Gasteiger partial charge in [-0.3, -0.25) is 5.10 Å². The van der Waals surface area contributed by atoms with Crippen molar-refractivity contribution >= 4 is 23.4 Å². The van der Waals surface area contributed by atoms with Gasteiger partial charge in [-0.05, 0) is 18.6 Å². The molecule has 2 rings (SSSR count). The lowest BCUT2D eigenvalue weighted by molar-refractivity contribution is 0.780. The third-order valence-corrected chi connectivity index (χ3v) is 4.00. The Hall–Kier alpha value is -1.00. The van der Waals surface area contributed by atoms with Gasteiger partial charge in [-0.25, -0.2) is 4.98 Å². The normalized spacial score (nSPS) is 12.9. The van der Waals surface area contributed by atoms with E-state index in [9.17, 15) is 0 Å². The van der Waals surface area contributed by atoms with Crippen molar-refractivity contribution in [2.45, 2.75) is 37.1 Å². The van der Waals surface area contributed by atoms with Crippen molar-refractivity contribution < 1.29 is 0 Å². The Balaban J connectivity index is 2.11. The molecule has 2 aromatic rings. The van der Waals surface area contributed by atoms with Gasteiger partial charge >= 0.3 is 0 Å². The molecule has 0 bridgehead atoms. The molecule has 0 aliphatic carbocycles. The van der Waals surface area contributed by atoms with E-state index in [0.717, 1.165) is 21.6 Å². The predicted molar refractivity (Wildman–Crippen MR) is 76.2 cm³/mol. The van der Waals surface area contributed by atoms with Crippen LogP contribution in [0.1, 0.15) is 43.3 Å². The predicted octanol–water partition coefficient (Wildman–Crippen LogP) is 4.43. The fourth-order valence-electron chi connectivity index (χ4n) is 1.60. The molecule has 1 aromatic heterocycles. The van der Waals surface area contributed by atoms with Crippen LogP contribution in [0, 0.1) is 0 Å². The van der Waals surface area contributed by atoms with Gasteiger partial charge in [0.25, 0.3) is 0 Å². The van der Waals surface area contributed by atoms with E-state index in [1.165, 1.54) is 0 Å². The van der Waals surface area contributed by atoms with E-state index in [1.807, 2.05) is 24.3 Å². The van der Waals surface area contributed by atoms with Crippen molar-refractivity contribution in [1.29, 1.82) is 0 Å². The minimum Gasteiger partial charge on any atom is -0.262 e. The third-order valence-electron chi connectivity index (χ3n) is 2.65. The molecule has 1 aromatic carbocycles. The zero-order valence-corrected chi connectivity index (χ0v) is 12.2. The monoisotopic (exact) mass is 281 g/mol. The van der Waals surface area contributed by atoms with Crippen LogP contribution < -0.4 is 0 Å². The molecule has 18 heavy (non-hydrogen) atoms. The zero-order chi connectivity index (χ0) is 13.1. The highest BCUT2D eigenvalue weighted by molar-refractivity contribution is 7.99. The van der Waals surface area contributed by atoms with Crippen molar-refractivity contribution in [3.05, 3.63) is 40.7 Å². The van der Waals surface area contributed by atoms with E-state index in [1.54, 1.807) is 11.8 Å². The van der Waals surface area contributed by atoms with Crippen LogP contribution in [0.15, 0.2) is 29.4 Å². The Morgan fingerprint density at radius 2 is 1.94 bits per heavy atom. The van der Waals surface area contributed by atoms with Crippen LogP contribution >= 0.6 is 23.4 Å². The first-order valence-corrected chi connectivity index (χ1v) is 7.17. The molecular weight excluding hydrogens is 266 g/mol. The van der Waals surface area contributed by atoms with Gasteiger partial charge in [0.1, 0.15) is 5.82 Å². The van der Waals surface area contributed by atoms with Gasteiger partial charge in [0.2, 0.25) is 5.16 Å². The lowest BCUT2D eigenvalue weighted by atomic mass is 10.2. The number of thioether (sulfide) groups is 1. The molecule has 1 atom stereocenters. The molecule has 0 unspecified atom stereocenters. The number of benzene rings is 1. The van der Waals surface area contributed by atoms with Crippen LogP contribution in [0.5, 0.6) is 0 Å². The van der Waals surface area contributed by atoms with Gasteiger partial charge in [-0.1, -0.05) is 55.4 Å². The average molecular weight is 282 g/mol. The topological polar surface area (TPSA) is 41.6 Å². The molecule has 0 saturated heterocycles. The summed E-state index contributed by atoms with van der Waals surface area (Å²) in [7, 11) is 0. The van der Waals surface area contributed by atoms with Crippen molar-refractivity contribution in [2.24, 2.45) is 0 Å². The highest BCUT2D eigenvalue weighted by atomic mass is 35.5. The standard InChI is InChI=1S/C13H16ClN3S/c1-8(2)12-15-13(17-16-12)18-9(3)10-6-4-5-7-11(10)14/h4-9H,1-3H3,(H,15,16,17)/t9-/m0/s1. The number of aromatic amines is 1. The van der Waals surface area contributed by atoms with E-state index in [0.29, 0.717) is 5.92 Å². The zero-order valence-electron chi connectivity index (χ0n) is 10.6. The second kappa shape index (κ2) is 5.76. The highest BCUT2D eigenvalue weighted by Gasteiger charge is 2.14. The number of H-pyrrole nitrogens is 1. The number of hydrogen-bond donors (Lipinski definition) is 1. The van der Waals surface area contributed by atoms with Gasteiger partial charge in [-0.15, -0.1) is 5.10 Å².